The summed E-state index contributed by atoms with van der Waals surface area (Å²) in [5, 5.41) is 0. The number of amides is 1. The number of ether oxygens (including phenoxy) is 1. The van der Waals surface area contributed by atoms with E-state index in [0.717, 1.165) is 13.0 Å². The van der Waals surface area contributed by atoms with E-state index in [9.17, 15) is 4.79 Å². The quantitative estimate of drug-likeness (QED) is 0.754. The van der Waals surface area contributed by atoms with Crippen LogP contribution in [0.5, 0.6) is 5.88 Å². The van der Waals surface area contributed by atoms with Gasteiger partial charge in [-0.05, 0) is 18.6 Å². The number of carbonyl (C=O) groups is 1. The van der Waals surface area contributed by atoms with Crippen LogP contribution >= 0.6 is 0 Å². The zero-order chi connectivity index (χ0) is 11.3. The molecule has 4 nitrogen and oxygen atoms in total. The van der Waals surface area contributed by atoms with Crippen LogP contribution in [0.25, 0.3) is 0 Å². The fourth-order valence-electron chi connectivity index (χ4n) is 1.36. The van der Waals surface area contributed by atoms with Gasteiger partial charge in [-0.15, -0.1) is 0 Å². The Morgan fingerprint density at radius 1 is 1.60 bits per heavy atom. The van der Waals surface area contributed by atoms with Crippen LogP contribution < -0.4 is 4.74 Å². The number of pyridine rings is 1. The van der Waals surface area contributed by atoms with Crippen LogP contribution in [0.4, 0.5) is 0 Å². The lowest BCUT2D eigenvalue weighted by molar-refractivity contribution is 0.0791. The van der Waals surface area contributed by atoms with E-state index < -0.39 is 0 Å². The van der Waals surface area contributed by atoms with Crippen LogP contribution in [0.3, 0.4) is 0 Å². The molecule has 4 heteroatoms. The Hall–Kier alpha value is -1.58. The van der Waals surface area contributed by atoms with Gasteiger partial charge in [-0.3, -0.25) is 4.79 Å². The first kappa shape index (κ1) is 11.5. The smallest absolute Gasteiger partial charge is 0.259 e. The summed E-state index contributed by atoms with van der Waals surface area (Å²) in [7, 11) is 3.29. The van der Waals surface area contributed by atoms with Gasteiger partial charge in [0.25, 0.3) is 5.91 Å². The molecule has 0 aromatic carbocycles. The summed E-state index contributed by atoms with van der Waals surface area (Å²) in [5.41, 5.74) is 0.510. The van der Waals surface area contributed by atoms with Gasteiger partial charge < -0.3 is 9.64 Å². The minimum absolute atomic E-state index is 0.0539. The highest BCUT2D eigenvalue weighted by Crippen LogP contribution is 2.15. The minimum Gasteiger partial charge on any atom is -0.480 e. The molecule has 1 aromatic heterocycles. The summed E-state index contributed by atoms with van der Waals surface area (Å²) < 4.78 is 5.04. The average molecular weight is 208 g/mol. The second-order valence-corrected chi connectivity index (χ2v) is 3.29. The molecule has 15 heavy (non-hydrogen) atoms. The van der Waals surface area contributed by atoms with Crippen LogP contribution in [0.2, 0.25) is 0 Å². The van der Waals surface area contributed by atoms with Gasteiger partial charge >= 0.3 is 0 Å². The summed E-state index contributed by atoms with van der Waals surface area (Å²) in [6, 6.07) is 3.45. The molecule has 0 radical (unpaired) electrons. The van der Waals surface area contributed by atoms with E-state index in [0.29, 0.717) is 11.4 Å². The zero-order valence-electron chi connectivity index (χ0n) is 9.36. The third-order valence-corrected chi connectivity index (χ3v) is 2.10. The third-order valence-electron chi connectivity index (χ3n) is 2.10. The number of methoxy groups -OCH3 is 1. The lowest BCUT2D eigenvalue weighted by atomic mass is 10.2. The fraction of sp³-hybridized carbons (Fsp3) is 0.455. The molecule has 0 saturated carbocycles. The monoisotopic (exact) mass is 208 g/mol. The van der Waals surface area contributed by atoms with Gasteiger partial charge in [-0.25, -0.2) is 4.98 Å². The predicted octanol–water partition coefficient (Wildman–Crippen LogP) is 1.57. The molecule has 1 rings (SSSR count). The van der Waals surface area contributed by atoms with Crippen molar-refractivity contribution in [3.05, 3.63) is 23.9 Å². The first-order valence-corrected chi connectivity index (χ1v) is 4.95. The first-order chi connectivity index (χ1) is 7.20. The Morgan fingerprint density at radius 2 is 2.33 bits per heavy atom. The first-order valence-electron chi connectivity index (χ1n) is 4.95. The van der Waals surface area contributed by atoms with Gasteiger partial charge in [-0.2, -0.15) is 0 Å². The number of hydrogen-bond donors (Lipinski definition) is 0. The minimum atomic E-state index is -0.0539. The predicted molar refractivity (Wildman–Crippen MR) is 58.0 cm³/mol. The lowest BCUT2D eigenvalue weighted by Gasteiger charge is -2.16. The summed E-state index contributed by atoms with van der Waals surface area (Å²) in [6.45, 7) is 2.77. The van der Waals surface area contributed by atoms with Crippen molar-refractivity contribution in [1.29, 1.82) is 0 Å². The molecule has 0 aliphatic rings. The van der Waals surface area contributed by atoms with E-state index in [-0.39, 0.29) is 5.91 Å². The summed E-state index contributed by atoms with van der Waals surface area (Å²) >= 11 is 0. The van der Waals surface area contributed by atoms with Crippen molar-refractivity contribution in [2.75, 3.05) is 20.7 Å². The van der Waals surface area contributed by atoms with E-state index in [2.05, 4.69) is 4.98 Å². The second kappa shape index (κ2) is 5.34. The van der Waals surface area contributed by atoms with Crippen molar-refractivity contribution in [2.45, 2.75) is 13.3 Å². The summed E-state index contributed by atoms with van der Waals surface area (Å²) in [4.78, 5) is 17.6. The van der Waals surface area contributed by atoms with E-state index in [4.69, 9.17) is 4.74 Å². The Balaban J connectivity index is 2.90. The van der Waals surface area contributed by atoms with Crippen molar-refractivity contribution in [2.24, 2.45) is 0 Å². The highest BCUT2D eigenvalue weighted by atomic mass is 16.5. The maximum atomic E-state index is 11.9. The molecule has 0 N–H and O–H groups in total. The van der Waals surface area contributed by atoms with E-state index in [1.54, 1.807) is 30.3 Å². The number of carbonyl (C=O) groups excluding carboxylic acids is 1. The molecule has 0 aliphatic heterocycles. The molecule has 0 aliphatic carbocycles. The molecular formula is C11H16N2O2. The zero-order valence-corrected chi connectivity index (χ0v) is 9.36. The normalized spacial score (nSPS) is 9.80. The van der Waals surface area contributed by atoms with Crippen molar-refractivity contribution in [1.82, 2.24) is 9.88 Å². The van der Waals surface area contributed by atoms with Gasteiger partial charge in [0.1, 0.15) is 5.56 Å². The van der Waals surface area contributed by atoms with E-state index in [1.165, 1.54) is 7.11 Å². The Morgan fingerprint density at radius 3 is 2.93 bits per heavy atom. The molecule has 0 spiro atoms. The molecule has 82 valence electrons. The van der Waals surface area contributed by atoms with Gasteiger partial charge in [0, 0.05) is 19.8 Å². The van der Waals surface area contributed by atoms with Crippen LogP contribution in [0, 0.1) is 0 Å². The van der Waals surface area contributed by atoms with Crippen molar-refractivity contribution >= 4 is 5.91 Å². The molecule has 0 bridgehead atoms. The number of hydrogen-bond acceptors (Lipinski definition) is 3. The molecular weight excluding hydrogens is 192 g/mol. The third kappa shape index (κ3) is 2.68. The number of aromatic nitrogens is 1. The molecule has 0 unspecified atom stereocenters. The molecule has 1 heterocycles. The molecule has 0 atom stereocenters. The number of rotatable bonds is 4. The highest BCUT2D eigenvalue weighted by molar-refractivity contribution is 5.96. The summed E-state index contributed by atoms with van der Waals surface area (Å²) in [5.74, 6) is 0.326. The van der Waals surface area contributed by atoms with Gasteiger partial charge in [0.05, 0.1) is 7.11 Å². The van der Waals surface area contributed by atoms with Crippen LogP contribution in [-0.2, 0) is 0 Å². The molecule has 1 amide bonds. The second-order valence-electron chi connectivity index (χ2n) is 3.29. The largest absolute Gasteiger partial charge is 0.480 e. The summed E-state index contributed by atoms with van der Waals surface area (Å²) in [6.07, 6.45) is 2.54. The fourth-order valence-corrected chi connectivity index (χ4v) is 1.36. The number of nitrogens with zero attached hydrogens (tertiary/aromatic N) is 2. The van der Waals surface area contributed by atoms with E-state index in [1.807, 2.05) is 6.92 Å². The standard InChI is InChI=1S/C11H16N2O2/c1-4-8-13(2)11(14)9-6-5-7-12-10(9)15-3/h5-7H,4,8H2,1-3H3. The molecule has 0 saturated heterocycles. The Labute approximate surface area is 89.9 Å². The highest BCUT2D eigenvalue weighted by Gasteiger charge is 2.15. The van der Waals surface area contributed by atoms with Gasteiger partial charge in [-0.1, -0.05) is 6.92 Å². The SMILES string of the molecule is CCCN(C)C(=O)c1cccnc1OC. The molecule has 1 aromatic rings. The molecule has 0 fully saturated rings. The Kier molecular flexibility index (Phi) is 4.09. The van der Waals surface area contributed by atoms with Crippen LogP contribution in [0.1, 0.15) is 23.7 Å². The average Bonchev–Trinajstić information content (AvgIpc) is 2.28. The van der Waals surface area contributed by atoms with Crippen LogP contribution in [-0.4, -0.2) is 36.5 Å². The lowest BCUT2D eigenvalue weighted by Crippen LogP contribution is -2.27. The van der Waals surface area contributed by atoms with Crippen molar-refractivity contribution in [3.63, 3.8) is 0 Å². The van der Waals surface area contributed by atoms with Crippen LogP contribution in [0.15, 0.2) is 18.3 Å². The Bertz CT molecular complexity index is 339. The topological polar surface area (TPSA) is 42.4 Å². The van der Waals surface area contributed by atoms with Gasteiger partial charge in [0.2, 0.25) is 5.88 Å². The maximum absolute atomic E-state index is 11.9. The van der Waals surface area contributed by atoms with Crippen molar-refractivity contribution < 1.29 is 9.53 Å². The maximum Gasteiger partial charge on any atom is 0.259 e. The van der Waals surface area contributed by atoms with E-state index >= 15 is 0 Å². The van der Waals surface area contributed by atoms with Crippen molar-refractivity contribution in [3.8, 4) is 5.88 Å². The van der Waals surface area contributed by atoms with Gasteiger partial charge in [0.15, 0.2) is 0 Å².